The number of thiophene rings is 1. The number of nitrogens with two attached hydrogens (primary N) is 1. The summed E-state index contributed by atoms with van der Waals surface area (Å²) in [5.41, 5.74) is 5.66. The van der Waals surface area contributed by atoms with Gasteiger partial charge in [-0.3, -0.25) is 0 Å². The summed E-state index contributed by atoms with van der Waals surface area (Å²) < 4.78 is 6.45. The lowest BCUT2D eigenvalue weighted by Gasteiger charge is -2.14. The van der Waals surface area contributed by atoms with Gasteiger partial charge in [0, 0.05) is 17.4 Å². The minimum Gasteiger partial charge on any atom is -0.372 e. The Balaban J connectivity index is 2.15. The van der Waals surface area contributed by atoms with Crippen molar-refractivity contribution in [3.63, 3.8) is 0 Å². The fourth-order valence-electron chi connectivity index (χ4n) is 1.67. The summed E-state index contributed by atoms with van der Waals surface area (Å²) in [6.07, 6.45) is 1.25. The van der Waals surface area contributed by atoms with Crippen LogP contribution in [0.3, 0.4) is 0 Å². The zero-order chi connectivity index (χ0) is 9.26. The van der Waals surface area contributed by atoms with Gasteiger partial charge in [-0.2, -0.15) is 0 Å². The van der Waals surface area contributed by atoms with E-state index in [1.54, 1.807) is 11.3 Å². The number of hydrogen-bond donors (Lipinski definition) is 1. The predicted octanol–water partition coefficient (Wildman–Crippen LogP) is 2.44. The number of halogens is 1. The molecule has 0 spiro atoms. The van der Waals surface area contributed by atoms with Gasteiger partial charge in [0.1, 0.15) is 0 Å². The van der Waals surface area contributed by atoms with Gasteiger partial charge in [-0.15, -0.1) is 11.3 Å². The Morgan fingerprint density at radius 2 is 2.46 bits per heavy atom. The number of rotatable bonds is 2. The molecular weight excluding hydrogens is 206 g/mol. The average Bonchev–Trinajstić information content (AvgIpc) is 2.71. The van der Waals surface area contributed by atoms with Crippen LogP contribution in [0.25, 0.3) is 0 Å². The normalized spacial score (nSPS) is 28.2. The van der Waals surface area contributed by atoms with Crippen molar-refractivity contribution in [1.29, 1.82) is 0 Å². The Morgan fingerprint density at radius 1 is 1.62 bits per heavy atom. The van der Waals surface area contributed by atoms with Gasteiger partial charge in [0.25, 0.3) is 0 Å². The lowest BCUT2D eigenvalue weighted by atomic mass is 10.0. The van der Waals surface area contributed by atoms with Crippen LogP contribution in [0.4, 0.5) is 0 Å². The monoisotopic (exact) mass is 217 g/mol. The van der Waals surface area contributed by atoms with Crippen molar-refractivity contribution in [2.24, 2.45) is 11.7 Å². The molecule has 0 radical (unpaired) electrons. The van der Waals surface area contributed by atoms with Crippen molar-refractivity contribution in [1.82, 2.24) is 0 Å². The quantitative estimate of drug-likeness (QED) is 0.826. The molecule has 13 heavy (non-hydrogen) atoms. The van der Waals surface area contributed by atoms with Crippen molar-refractivity contribution in [2.75, 3.05) is 13.2 Å². The molecule has 0 aromatic carbocycles. The van der Waals surface area contributed by atoms with Crippen LogP contribution in [0.5, 0.6) is 0 Å². The van der Waals surface area contributed by atoms with E-state index in [4.69, 9.17) is 22.1 Å². The van der Waals surface area contributed by atoms with Crippen molar-refractivity contribution < 1.29 is 4.74 Å². The third kappa shape index (κ3) is 1.89. The van der Waals surface area contributed by atoms with E-state index in [1.165, 1.54) is 4.88 Å². The van der Waals surface area contributed by atoms with Gasteiger partial charge in [0.05, 0.1) is 10.4 Å². The van der Waals surface area contributed by atoms with Crippen molar-refractivity contribution in [3.8, 4) is 0 Å². The first-order valence-corrected chi connectivity index (χ1v) is 5.57. The third-order valence-corrected chi connectivity index (χ3v) is 3.68. The summed E-state index contributed by atoms with van der Waals surface area (Å²) >= 11 is 7.45. The molecule has 1 aliphatic rings. The molecule has 4 heteroatoms. The third-order valence-electron chi connectivity index (χ3n) is 2.39. The topological polar surface area (TPSA) is 35.2 Å². The van der Waals surface area contributed by atoms with Crippen molar-refractivity contribution in [2.45, 2.75) is 12.5 Å². The molecule has 2 nitrogen and oxygen atoms in total. The summed E-state index contributed by atoms with van der Waals surface area (Å²) in [4.78, 5) is 1.21. The summed E-state index contributed by atoms with van der Waals surface area (Å²) in [6, 6.07) is 3.95. The van der Waals surface area contributed by atoms with E-state index < -0.39 is 0 Å². The molecule has 0 saturated carbocycles. The molecular formula is C9H12ClNOS. The molecule has 2 atom stereocenters. The van der Waals surface area contributed by atoms with Crippen LogP contribution in [0, 0.1) is 5.92 Å². The van der Waals surface area contributed by atoms with Gasteiger partial charge >= 0.3 is 0 Å². The molecule has 0 aliphatic carbocycles. The van der Waals surface area contributed by atoms with Crippen LogP contribution < -0.4 is 5.73 Å². The molecule has 72 valence electrons. The van der Waals surface area contributed by atoms with Crippen LogP contribution in [0.2, 0.25) is 4.34 Å². The van der Waals surface area contributed by atoms with Gasteiger partial charge in [-0.05, 0) is 25.1 Å². The van der Waals surface area contributed by atoms with E-state index in [9.17, 15) is 0 Å². The molecule has 2 N–H and O–H groups in total. The second kappa shape index (κ2) is 3.96. The van der Waals surface area contributed by atoms with E-state index in [-0.39, 0.29) is 6.10 Å². The zero-order valence-electron chi connectivity index (χ0n) is 7.20. The summed E-state index contributed by atoms with van der Waals surface area (Å²) in [6.45, 7) is 1.52. The standard InChI is InChI=1S/C9H12ClNOS/c10-8-2-1-7(13-8)9-6(5-11)3-4-12-9/h1-2,6,9H,3-5,11H2. The zero-order valence-corrected chi connectivity index (χ0v) is 8.77. The number of hydrogen-bond acceptors (Lipinski definition) is 3. The fourth-order valence-corrected chi connectivity index (χ4v) is 2.88. The molecule has 2 unspecified atom stereocenters. The fraction of sp³-hybridized carbons (Fsp3) is 0.556. The van der Waals surface area contributed by atoms with Crippen LogP contribution in [-0.2, 0) is 4.74 Å². The van der Waals surface area contributed by atoms with Gasteiger partial charge in [0.2, 0.25) is 0 Å². The molecule has 1 fully saturated rings. The summed E-state index contributed by atoms with van der Waals surface area (Å²) in [5, 5.41) is 0. The Labute approximate surface area is 86.6 Å². The van der Waals surface area contributed by atoms with Gasteiger partial charge in [-0.25, -0.2) is 0 Å². The Bertz CT molecular complexity index is 289. The smallest absolute Gasteiger partial charge is 0.0958 e. The maximum Gasteiger partial charge on any atom is 0.0958 e. The van der Waals surface area contributed by atoms with Crippen LogP contribution >= 0.6 is 22.9 Å². The molecule has 0 amide bonds. The van der Waals surface area contributed by atoms with Crippen LogP contribution in [-0.4, -0.2) is 13.2 Å². The Kier molecular flexibility index (Phi) is 2.89. The van der Waals surface area contributed by atoms with E-state index in [2.05, 4.69) is 0 Å². The molecule has 1 aliphatic heterocycles. The lowest BCUT2D eigenvalue weighted by molar-refractivity contribution is 0.0953. The van der Waals surface area contributed by atoms with E-state index in [1.807, 2.05) is 12.1 Å². The lowest BCUT2D eigenvalue weighted by Crippen LogP contribution is -2.16. The van der Waals surface area contributed by atoms with Gasteiger partial charge in [0.15, 0.2) is 0 Å². The summed E-state index contributed by atoms with van der Waals surface area (Å²) in [5.74, 6) is 0.467. The van der Waals surface area contributed by atoms with Gasteiger partial charge < -0.3 is 10.5 Å². The number of ether oxygens (including phenoxy) is 1. The maximum absolute atomic E-state index is 5.86. The molecule has 1 aromatic rings. The van der Waals surface area contributed by atoms with Crippen LogP contribution in [0.1, 0.15) is 17.4 Å². The van der Waals surface area contributed by atoms with Crippen molar-refractivity contribution in [3.05, 3.63) is 21.3 Å². The van der Waals surface area contributed by atoms with Gasteiger partial charge in [-0.1, -0.05) is 11.6 Å². The van der Waals surface area contributed by atoms with Crippen LogP contribution in [0.15, 0.2) is 12.1 Å². The molecule has 0 bridgehead atoms. The first kappa shape index (κ1) is 9.46. The molecule has 2 heterocycles. The predicted molar refractivity (Wildman–Crippen MR) is 55.2 cm³/mol. The molecule has 1 saturated heterocycles. The molecule has 2 rings (SSSR count). The SMILES string of the molecule is NCC1CCOC1c1ccc(Cl)s1. The summed E-state index contributed by atoms with van der Waals surface area (Å²) in [7, 11) is 0. The highest BCUT2D eigenvalue weighted by Crippen LogP contribution is 2.38. The second-order valence-corrected chi connectivity index (χ2v) is 4.96. The van der Waals surface area contributed by atoms with E-state index >= 15 is 0 Å². The van der Waals surface area contributed by atoms with Crippen molar-refractivity contribution >= 4 is 22.9 Å². The second-order valence-electron chi connectivity index (χ2n) is 3.22. The minimum absolute atomic E-state index is 0.183. The highest BCUT2D eigenvalue weighted by atomic mass is 35.5. The first-order chi connectivity index (χ1) is 6.31. The Hall–Kier alpha value is -0.0900. The van der Waals surface area contributed by atoms with E-state index in [0.717, 1.165) is 17.4 Å². The minimum atomic E-state index is 0.183. The average molecular weight is 218 g/mol. The maximum atomic E-state index is 5.86. The highest BCUT2D eigenvalue weighted by molar-refractivity contribution is 7.16. The highest BCUT2D eigenvalue weighted by Gasteiger charge is 2.29. The van der Waals surface area contributed by atoms with E-state index in [0.29, 0.717) is 12.5 Å². The Morgan fingerprint density at radius 3 is 3.08 bits per heavy atom. The molecule has 1 aromatic heterocycles. The first-order valence-electron chi connectivity index (χ1n) is 4.38. The largest absolute Gasteiger partial charge is 0.372 e.